The van der Waals surface area contributed by atoms with Crippen molar-refractivity contribution in [1.29, 1.82) is 0 Å². The molecule has 0 aromatic carbocycles. The fourth-order valence-electron chi connectivity index (χ4n) is 1.24. The summed E-state index contributed by atoms with van der Waals surface area (Å²) < 4.78 is 2.25. The highest BCUT2D eigenvalue weighted by molar-refractivity contribution is 7.98. The Bertz CT molecular complexity index is 220. The van der Waals surface area contributed by atoms with Crippen LogP contribution in [-0.2, 0) is 13.0 Å². The van der Waals surface area contributed by atoms with Gasteiger partial charge in [0.2, 0.25) is 0 Å². The molecular weight excluding hydrogens is 168 g/mol. The van der Waals surface area contributed by atoms with Crippen LogP contribution in [0.5, 0.6) is 0 Å². The lowest BCUT2D eigenvalue weighted by molar-refractivity contribution is 0.646. The van der Waals surface area contributed by atoms with Crippen molar-refractivity contribution in [2.24, 2.45) is 0 Å². The standard InChI is InChI=1S/C9H16N2S/c1-3-9-10-5-7-11(9)6-4-8-12-2/h5,7H,3-4,6,8H2,1-2H3. The molecule has 2 nitrogen and oxygen atoms in total. The van der Waals surface area contributed by atoms with Crippen LogP contribution in [0, 0.1) is 0 Å². The first-order valence-electron chi connectivity index (χ1n) is 4.37. The van der Waals surface area contributed by atoms with Gasteiger partial charge < -0.3 is 4.57 Å². The molecule has 0 amide bonds. The zero-order valence-corrected chi connectivity index (χ0v) is 8.60. The number of aryl methyl sites for hydroxylation is 2. The number of imidazole rings is 1. The minimum Gasteiger partial charge on any atom is -0.335 e. The Morgan fingerprint density at radius 2 is 2.42 bits per heavy atom. The van der Waals surface area contributed by atoms with E-state index < -0.39 is 0 Å². The van der Waals surface area contributed by atoms with Crippen LogP contribution < -0.4 is 0 Å². The summed E-state index contributed by atoms with van der Waals surface area (Å²) >= 11 is 1.90. The normalized spacial score (nSPS) is 10.5. The van der Waals surface area contributed by atoms with E-state index in [0.717, 1.165) is 13.0 Å². The summed E-state index contributed by atoms with van der Waals surface area (Å²) in [6.45, 7) is 3.26. The molecule has 0 aliphatic carbocycles. The van der Waals surface area contributed by atoms with Crippen molar-refractivity contribution in [3.8, 4) is 0 Å². The molecule has 0 bridgehead atoms. The first-order valence-corrected chi connectivity index (χ1v) is 5.76. The molecule has 1 aromatic heterocycles. The van der Waals surface area contributed by atoms with E-state index in [-0.39, 0.29) is 0 Å². The smallest absolute Gasteiger partial charge is 0.108 e. The van der Waals surface area contributed by atoms with E-state index in [1.807, 2.05) is 18.0 Å². The van der Waals surface area contributed by atoms with Crippen LogP contribution in [0.4, 0.5) is 0 Å². The summed E-state index contributed by atoms with van der Waals surface area (Å²) in [4.78, 5) is 4.27. The molecule has 0 saturated heterocycles. The predicted octanol–water partition coefficient (Wildman–Crippen LogP) is 2.20. The topological polar surface area (TPSA) is 17.8 Å². The highest BCUT2D eigenvalue weighted by atomic mass is 32.2. The SMILES string of the molecule is CCc1nccn1CCCSC. The first kappa shape index (κ1) is 9.65. The molecular formula is C9H16N2S. The number of hydrogen-bond donors (Lipinski definition) is 0. The Hall–Kier alpha value is -0.440. The van der Waals surface area contributed by atoms with Gasteiger partial charge in [0.25, 0.3) is 0 Å². The van der Waals surface area contributed by atoms with E-state index in [4.69, 9.17) is 0 Å². The molecule has 1 rings (SSSR count). The van der Waals surface area contributed by atoms with Crippen molar-refractivity contribution in [1.82, 2.24) is 9.55 Å². The van der Waals surface area contributed by atoms with Crippen molar-refractivity contribution in [3.05, 3.63) is 18.2 Å². The molecule has 0 aliphatic rings. The van der Waals surface area contributed by atoms with Gasteiger partial charge in [-0.3, -0.25) is 0 Å². The van der Waals surface area contributed by atoms with Crippen LogP contribution in [0.15, 0.2) is 12.4 Å². The molecule has 3 heteroatoms. The van der Waals surface area contributed by atoms with Crippen LogP contribution in [0.2, 0.25) is 0 Å². The minimum atomic E-state index is 1.03. The van der Waals surface area contributed by atoms with Gasteiger partial charge in [-0.05, 0) is 18.4 Å². The van der Waals surface area contributed by atoms with Gasteiger partial charge in [-0.2, -0.15) is 11.8 Å². The lowest BCUT2D eigenvalue weighted by Gasteiger charge is -2.04. The summed E-state index contributed by atoms with van der Waals surface area (Å²) in [5.74, 6) is 2.44. The van der Waals surface area contributed by atoms with E-state index >= 15 is 0 Å². The fraction of sp³-hybridized carbons (Fsp3) is 0.667. The first-order chi connectivity index (χ1) is 5.88. The molecule has 0 radical (unpaired) electrons. The van der Waals surface area contributed by atoms with E-state index in [1.165, 1.54) is 18.0 Å². The number of rotatable bonds is 5. The second-order valence-electron chi connectivity index (χ2n) is 2.74. The number of aromatic nitrogens is 2. The van der Waals surface area contributed by atoms with Crippen LogP contribution in [0.3, 0.4) is 0 Å². The molecule has 1 aromatic rings. The predicted molar refractivity (Wildman–Crippen MR) is 54.6 cm³/mol. The zero-order chi connectivity index (χ0) is 8.81. The maximum atomic E-state index is 4.27. The van der Waals surface area contributed by atoms with Crippen molar-refractivity contribution in [3.63, 3.8) is 0 Å². The van der Waals surface area contributed by atoms with Gasteiger partial charge in [0.1, 0.15) is 5.82 Å². The monoisotopic (exact) mass is 184 g/mol. The maximum absolute atomic E-state index is 4.27. The second-order valence-corrected chi connectivity index (χ2v) is 3.72. The van der Waals surface area contributed by atoms with Gasteiger partial charge in [-0.15, -0.1) is 0 Å². The summed E-state index contributed by atoms with van der Waals surface area (Å²) in [6.07, 6.45) is 8.38. The third kappa shape index (κ3) is 2.55. The Morgan fingerprint density at radius 3 is 3.08 bits per heavy atom. The fourth-order valence-corrected chi connectivity index (χ4v) is 1.66. The van der Waals surface area contributed by atoms with Crippen LogP contribution in [-0.4, -0.2) is 21.6 Å². The largest absolute Gasteiger partial charge is 0.335 e. The zero-order valence-electron chi connectivity index (χ0n) is 7.79. The Kier molecular flexibility index (Phi) is 4.22. The third-order valence-corrected chi connectivity index (χ3v) is 2.56. The molecule has 0 atom stereocenters. The molecule has 0 fully saturated rings. The highest BCUT2D eigenvalue weighted by Crippen LogP contribution is 2.02. The van der Waals surface area contributed by atoms with E-state index in [0.29, 0.717) is 0 Å². The Morgan fingerprint density at radius 1 is 1.58 bits per heavy atom. The number of hydrogen-bond acceptors (Lipinski definition) is 2. The average molecular weight is 184 g/mol. The van der Waals surface area contributed by atoms with E-state index in [9.17, 15) is 0 Å². The highest BCUT2D eigenvalue weighted by Gasteiger charge is 1.97. The minimum absolute atomic E-state index is 1.03. The third-order valence-electron chi connectivity index (χ3n) is 1.87. The summed E-state index contributed by atoms with van der Waals surface area (Å²) in [6, 6.07) is 0. The molecule has 1 heterocycles. The lowest BCUT2D eigenvalue weighted by Crippen LogP contribution is -2.02. The van der Waals surface area contributed by atoms with Crippen molar-refractivity contribution in [2.75, 3.05) is 12.0 Å². The van der Waals surface area contributed by atoms with E-state index in [2.05, 4.69) is 28.9 Å². The average Bonchev–Trinajstić information content (AvgIpc) is 2.52. The van der Waals surface area contributed by atoms with Gasteiger partial charge in [-0.1, -0.05) is 6.92 Å². The Balaban J connectivity index is 2.39. The quantitative estimate of drug-likeness (QED) is 0.653. The molecule has 0 spiro atoms. The van der Waals surface area contributed by atoms with Gasteiger partial charge in [0.05, 0.1) is 0 Å². The van der Waals surface area contributed by atoms with Crippen molar-refractivity contribution in [2.45, 2.75) is 26.3 Å². The molecule has 12 heavy (non-hydrogen) atoms. The summed E-state index contributed by atoms with van der Waals surface area (Å²) in [5.41, 5.74) is 0. The molecule has 0 aliphatic heterocycles. The summed E-state index contributed by atoms with van der Waals surface area (Å²) in [7, 11) is 0. The molecule has 0 saturated carbocycles. The van der Waals surface area contributed by atoms with Crippen LogP contribution >= 0.6 is 11.8 Å². The Labute approximate surface area is 78.4 Å². The van der Waals surface area contributed by atoms with E-state index in [1.54, 1.807) is 0 Å². The maximum Gasteiger partial charge on any atom is 0.108 e. The van der Waals surface area contributed by atoms with Crippen molar-refractivity contribution < 1.29 is 0 Å². The number of thioether (sulfide) groups is 1. The summed E-state index contributed by atoms with van der Waals surface area (Å²) in [5, 5.41) is 0. The van der Waals surface area contributed by atoms with Crippen molar-refractivity contribution >= 4 is 11.8 Å². The van der Waals surface area contributed by atoms with Gasteiger partial charge in [0, 0.05) is 25.4 Å². The lowest BCUT2D eigenvalue weighted by atomic mass is 10.4. The molecule has 68 valence electrons. The van der Waals surface area contributed by atoms with Gasteiger partial charge >= 0.3 is 0 Å². The molecule has 0 N–H and O–H groups in total. The van der Waals surface area contributed by atoms with Gasteiger partial charge in [-0.25, -0.2) is 4.98 Å². The van der Waals surface area contributed by atoms with Gasteiger partial charge in [0.15, 0.2) is 0 Å². The van der Waals surface area contributed by atoms with Crippen LogP contribution in [0.25, 0.3) is 0 Å². The number of nitrogens with zero attached hydrogens (tertiary/aromatic N) is 2. The van der Waals surface area contributed by atoms with Crippen LogP contribution in [0.1, 0.15) is 19.2 Å². The second kappa shape index (κ2) is 5.25. The molecule has 0 unspecified atom stereocenters.